The van der Waals surface area contributed by atoms with E-state index < -0.39 is 5.97 Å². The third-order valence-corrected chi connectivity index (χ3v) is 3.41. The van der Waals surface area contributed by atoms with Gasteiger partial charge in [-0.2, -0.15) is 5.10 Å². The molecule has 0 fully saturated rings. The van der Waals surface area contributed by atoms with E-state index >= 15 is 0 Å². The van der Waals surface area contributed by atoms with Crippen molar-refractivity contribution in [3.8, 4) is 0 Å². The Bertz CT molecular complexity index is 625. The van der Waals surface area contributed by atoms with Gasteiger partial charge in [-0.1, -0.05) is 23.2 Å². The molecule has 19 heavy (non-hydrogen) atoms. The van der Waals surface area contributed by atoms with E-state index in [0.717, 1.165) is 5.69 Å². The second kappa shape index (κ2) is 5.50. The Morgan fingerprint density at radius 1 is 1.42 bits per heavy atom. The van der Waals surface area contributed by atoms with E-state index in [1.54, 1.807) is 25.2 Å². The molecule has 5 nitrogen and oxygen atoms in total. The summed E-state index contributed by atoms with van der Waals surface area (Å²) in [4.78, 5) is 11.0. The van der Waals surface area contributed by atoms with Gasteiger partial charge in [0.1, 0.15) is 5.56 Å². The molecular formula is C12H11Cl2N3O2. The molecule has 0 unspecified atom stereocenters. The van der Waals surface area contributed by atoms with Crippen LogP contribution in [0.4, 0.5) is 5.69 Å². The molecule has 0 atom stereocenters. The zero-order valence-electron chi connectivity index (χ0n) is 10.0. The molecule has 0 aliphatic carbocycles. The number of nitrogens with zero attached hydrogens (tertiary/aromatic N) is 2. The van der Waals surface area contributed by atoms with E-state index in [0.29, 0.717) is 22.3 Å². The highest BCUT2D eigenvalue weighted by molar-refractivity contribution is 6.42. The van der Waals surface area contributed by atoms with Crippen molar-refractivity contribution in [1.82, 2.24) is 9.78 Å². The Kier molecular flexibility index (Phi) is 3.97. The van der Waals surface area contributed by atoms with Crippen LogP contribution in [0.15, 0.2) is 24.4 Å². The molecule has 100 valence electrons. The van der Waals surface area contributed by atoms with E-state index in [1.807, 2.05) is 0 Å². The van der Waals surface area contributed by atoms with Crippen LogP contribution in [0.3, 0.4) is 0 Å². The van der Waals surface area contributed by atoms with E-state index in [1.165, 1.54) is 10.9 Å². The Morgan fingerprint density at radius 2 is 2.16 bits per heavy atom. The highest BCUT2D eigenvalue weighted by Gasteiger charge is 2.14. The van der Waals surface area contributed by atoms with Gasteiger partial charge in [-0.3, -0.25) is 4.68 Å². The number of hydrogen-bond acceptors (Lipinski definition) is 3. The Hall–Kier alpha value is -1.72. The zero-order chi connectivity index (χ0) is 14.0. The first-order valence-corrected chi connectivity index (χ1v) is 6.17. The van der Waals surface area contributed by atoms with Gasteiger partial charge in [-0.25, -0.2) is 4.79 Å². The average Bonchev–Trinajstić information content (AvgIpc) is 2.72. The summed E-state index contributed by atoms with van der Waals surface area (Å²) >= 11 is 11.7. The van der Waals surface area contributed by atoms with Gasteiger partial charge >= 0.3 is 5.97 Å². The zero-order valence-corrected chi connectivity index (χ0v) is 11.5. The van der Waals surface area contributed by atoms with Crippen LogP contribution in [0.2, 0.25) is 10.0 Å². The lowest BCUT2D eigenvalue weighted by Crippen LogP contribution is -2.10. The third kappa shape index (κ3) is 3.00. The number of aryl methyl sites for hydroxylation is 1. The van der Waals surface area contributed by atoms with Crippen LogP contribution < -0.4 is 5.32 Å². The molecule has 0 bridgehead atoms. The number of anilines is 1. The topological polar surface area (TPSA) is 67.2 Å². The van der Waals surface area contributed by atoms with Crippen molar-refractivity contribution in [3.63, 3.8) is 0 Å². The predicted molar refractivity (Wildman–Crippen MR) is 74.0 cm³/mol. The number of carboxylic acids is 1. The molecule has 0 radical (unpaired) electrons. The van der Waals surface area contributed by atoms with Gasteiger partial charge in [0.2, 0.25) is 0 Å². The van der Waals surface area contributed by atoms with Crippen molar-refractivity contribution in [3.05, 3.63) is 45.7 Å². The molecule has 1 aromatic heterocycles. The summed E-state index contributed by atoms with van der Waals surface area (Å²) in [7, 11) is 1.69. The van der Waals surface area contributed by atoms with E-state index in [-0.39, 0.29) is 5.56 Å². The molecule has 0 saturated heterocycles. The summed E-state index contributed by atoms with van der Waals surface area (Å²) in [5.74, 6) is -1.00. The quantitative estimate of drug-likeness (QED) is 0.910. The lowest BCUT2D eigenvalue weighted by molar-refractivity contribution is 0.0695. The number of benzene rings is 1. The SMILES string of the molecule is Cn1ncc(C(=O)O)c1CNc1ccc(Cl)c(Cl)c1. The van der Waals surface area contributed by atoms with Crippen molar-refractivity contribution in [2.75, 3.05) is 5.32 Å². The van der Waals surface area contributed by atoms with E-state index in [9.17, 15) is 4.79 Å². The Balaban J connectivity index is 2.16. The molecule has 1 heterocycles. The highest BCUT2D eigenvalue weighted by atomic mass is 35.5. The maximum Gasteiger partial charge on any atom is 0.339 e. The number of halogens is 2. The van der Waals surface area contributed by atoms with Gasteiger partial charge < -0.3 is 10.4 Å². The fourth-order valence-electron chi connectivity index (χ4n) is 1.64. The fourth-order valence-corrected chi connectivity index (χ4v) is 1.94. The molecule has 0 amide bonds. The minimum atomic E-state index is -1.00. The molecule has 2 N–H and O–H groups in total. The average molecular weight is 300 g/mol. The van der Waals surface area contributed by atoms with Gasteiger partial charge in [0.05, 0.1) is 28.5 Å². The van der Waals surface area contributed by atoms with E-state index in [2.05, 4.69) is 10.4 Å². The molecule has 1 aromatic carbocycles. The lowest BCUT2D eigenvalue weighted by atomic mass is 10.2. The number of aromatic nitrogens is 2. The van der Waals surface area contributed by atoms with Crippen LogP contribution in [-0.4, -0.2) is 20.9 Å². The first kappa shape index (κ1) is 13.7. The smallest absolute Gasteiger partial charge is 0.339 e. The highest BCUT2D eigenvalue weighted by Crippen LogP contribution is 2.25. The van der Waals surface area contributed by atoms with Crippen molar-refractivity contribution >= 4 is 34.9 Å². The maximum absolute atomic E-state index is 11.0. The number of nitrogens with one attached hydrogen (secondary N) is 1. The van der Waals surface area contributed by atoms with Gasteiger partial charge in [0, 0.05) is 12.7 Å². The monoisotopic (exact) mass is 299 g/mol. The van der Waals surface area contributed by atoms with Gasteiger partial charge in [-0.15, -0.1) is 0 Å². The summed E-state index contributed by atoms with van der Waals surface area (Å²) in [6, 6.07) is 5.12. The number of carbonyl (C=O) groups is 1. The summed E-state index contributed by atoms with van der Waals surface area (Å²) in [6.07, 6.45) is 1.33. The van der Waals surface area contributed by atoms with Crippen LogP contribution >= 0.6 is 23.2 Å². The minimum absolute atomic E-state index is 0.176. The third-order valence-electron chi connectivity index (χ3n) is 2.67. The number of rotatable bonds is 4. The van der Waals surface area contributed by atoms with Crippen molar-refractivity contribution in [1.29, 1.82) is 0 Å². The second-order valence-corrected chi connectivity index (χ2v) is 4.73. The van der Waals surface area contributed by atoms with Crippen molar-refractivity contribution in [2.24, 2.45) is 7.05 Å². The summed E-state index contributed by atoms with van der Waals surface area (Å²) in [5, 5.41) is 17.0. The first-order chi connectivity index (χ1) is 8.99. The molecule has 2 aromatic rings. The van der Waals surface area contributed by atoms with Gasteiger partial charge in [0.15, 0.2) is 0 Å². The van der Waals surface area contributed by atoms with Crippen LogP contribution in [0.25, 0.3) is 0 Å². The summed E-state index contributed by atoms with van der Waals surface area (Å²) in [5.41, 5.74) is 1.51. The molecule has 0 spiro atoms. The van der Waals surface area contributed by atoms with Crippen LogP contribution in [0.5, 0.6) is 0 Å². The van der Waals surface area contributed by atoms with Crippen LogP contribution in [-0.2, 0) is 13.6 Å². The molecule has 0 saturated carbocycles. The standard InChI is InChI=1S/C12H11Cl2N3O2/c1-17-11(8(5-16-17)12(18)19)6-15-7-2-3-9(13)10(14)4-7/h2-5,15H,6H2,1H3,(H,18,19). The van der Waals surface area contributed by atoms with Crippen LogP contribution in [0.1, 0.15) is 16.1 Å². The molecule has 0 aliphatic heterocycles. The number of hydrogen-bond donors (Lipinski definition) is 2. The molecule has 7 heteroatoms. The summed E-state index contributed by atoms with van der Waals surface area (Å²) < 4.78 is 1.52. The maximum atomic E-state index is 11.0. The van der Waals surface area contributed by atoms with Crippen LogP contribution in [0, 0.1) is 0 Å². The minimum Gasteiger partial charge on any atom is -0.478 e. The van der Waals surface area contributed by atoms with E-state index in [4.69, 9.17) is 28.3 Å². The number of carboxylic acid groups (broad SMARTS) is 1. The number of aromatic carboxylic acids is 1. The van der Waals surface area contributed by atoms with Gasteiger partial charge in [0.25, 0.3) is 0 Å². The molecule has 2 rings (SSSR count). The predicted octanol–water partition coefficient (Wildman–Crippen LogP) is 3.04. The van der Waals surface area contributed by atoms with Crippen molar-refractivity contribution in [2.45, 2.75) is 6.54 Å². The second-order valence-electron chi connectivity index (χ2n) is 3.92. The Labute approximate surface area is 119 Å². The summed E-state index contributed by atoms with van der Waals surface area (Å²) in [6.45, 7) is 0.329. The lowest BCUT2D eigenvalue weighted by Gasteiger charge is -2.08. The Morgan fingerprint density at radius 3 is 2.79 bits per heavy atom. The van der Waals surface area contributed by atoms with Gasteiger partial charge in [-0.05, 0) is 18.2 Å². The normalized spacial score (nSPS) is 10.5. The van der Waals surface area contributed by atoms with Crippen molar-refractivity contribution < 1.29 is 9.90 Å². The first-order valence-electron chi connectivity index (χ1n) is 5.42. The molecule has 0 aliphatic rings. The fraction of sp³-hybridized carbons (Fsp3) is 0.167. The largest absolute Gasteiger partial charge is 0.478 e. The molecular weight excluding hydrogens is 289 g/mol.